The van der Waals surface area contributed by atoms with Crippen molar-refractivity contribution in [3.63, 3.8) is 0 Å². The number of hydrogen-bond acceptors (Lipinski definition) is 2. The molecule has 1 rings (SSSR count). The first-order valence-electron chi connectivity index (χ1n) is 3.72. The summed E-state index contributed by atoms with van der Waals surface area (Å²) in [7, 11) is 0. The largest absolute Gasteiger partial charge is 0.479 e. The Morgan fingerprint density at radius 3 is 2.62 bits per heavy atom. The molecule has 1 unspecified atom stereocenters. The van der Waals surface area contributed by atoms with Gasteiger partial charge in [-0.2, -0.15) is 0 Å². The van der Waals surface area contributed by atoms with Crippen molar-refractivity contribution in [2.45, 2.75) is 13.0 Å². The Kier molecular flexibility index (Phi) is 3.28. The van der Waals surface area contributed by atoms with Gasteiger partial charge in [-0.05, 0) is 18.1 Å². The van der Waals surface area contributed by atoms with Crippen LogP contribution in [0.15, 0.2) is 24.3 Å². The number of rotatable bonds is 3. The molecular formula is C9H9ClO3. The van der Waals surface area contributed by atoms with Crippen LogP contribution in [0.3, 0.4) is 0 Å². The number of carbonyl (C=O) groups is 1. The van der Waals surface area contributed by atoms with Gasteiger partial charge in [0.15, 0.2) is 0 Å². The monoisotopic (exact) mass is 200 g/mol. The third-order valence-corrected chi connectivity index (χ3v) is 1.96. The van der Waals surface area contributed by atoms with Gasteiger partial charge in [0.1, 0.15) is 0 Å². The predicted molar refractivity (Wildman–Crippen MR) is 48.5 cm³/mol. The Balaban J connectivity index is 3.04. The van der Waals surface area contributed by atoms with E-state index in [1.807, 2.05) is 6.07 Å². The van der Waals surface area contributed by atoms with Crippen LogP contribution < -0.4 is 0 Å². The minimum Gasteiger partial charge on any atom is -0.479 e. The lowest BCUT2D eigenvalue weighted by atomic mass is 10.0. The zero-order chi connectivity index (χ0) is 9.84. The van der Waals surface area contributed by atoms with E-state index in [0.717, 1.165) is 5.56 Å². The molecule has 0 aliphatic rings. The number of aliphatic carboxylic acids is 1. The van der Waals surface area contributed by atoms with Gasteiger partial charge in [-0.3, -0.25) is 4.29 Å². The fourth-order valence-electron chi connectivity index (χ4n) is 1.10. The second-order valence-corrected chi connectivity index (χ2v) is 2.84. The number of benzene rings is 1. The van der Waals surface area contributed by atoms with Crippen molar-refractivity contribution in [2.75, 3.05) is 0 Å². The molecule has 0 radical (unpaired) electrons. The van der Waals surface area contributed by atoms with Gasteiger partial charge in [0.25, 0.3) is 0 Å². The molecule has 3 nitrogen and oxygen atoms in total. The standard InChI is InChI=1S/C9H9ClO3/c1-6-4-2-3-5-7(6)8(13-10)9(11)12/h2-5,8H,1H3,(H,11,12). The predicted octanol–water partition coefficient (Wildman–Crippen LogP) is 2.29. The first kappa shape index (κ1) is 10.0. The molecule has 4 heteroatoms. The molecule has 1 aromatic carbocycles. The molecule has 0 heterocycles. The number of carboxylic acid groups (broad SMARTS) is 1. The van der Waals surface area contributed by atoms with E-state index in [0.29, 0.717) is 5.56 Å². The molecule has 0 aliphatic carbocycles. The van der Waals surface area contributed by atoms with Crippen LogP contribution in [0.25, 0.3) is 0 Å². The van der Waals surface area contributed by atoms with Gasteiger partial charge < -0.3 is 5.11 Å². The van der Waals surface area contributed by atoms with Crippen molar-refractivity contribution in [3.8, 4) is 0 Å². The van der Waals surface area contributed by atoms with Crippen LogP contribution in [0.1, 0.15) is 17.2 Å². The van der Waals surface area contributed by atoms with Crippen LogP contribution in [0.5, 0.6) is 0 Å². The van der Waals surface area contributed by atoms with Gasteiger partial charge in [0, 0.05) is 0 Å². The molecule has 0 spiro atoms. The van der Waals surface area contributed by atoms with Gasteiger partial charge in [-0.25, -0.2) is 4.79 Å². The van der Waals surface area contributed by atoms with Crippen LogP contribution >= 0.6 is 11.9 Å². The molecule has 1 N–H and O–H groups in total. The van der Waals surface area contributed by atoms with Crippen LogP contribution in [-0.4, -0.2) is 11.1 Å². The summed E-state index contributed by atoms with van der Waals surface area (Å²) in [5.41, 5.74) is 1.42. The lowest BCUT2D eigenvalue weighted by Gasteiger charge is -2.10. The topological polar surface area (TPSA) is 46.5 Å². The van der Waals surface area contributed by atoms with Gasteiger partial charge in [-0.15, -0.1) is 0 Å². The third kappa shape index (κ3) is 2.20. The zero-order valence-corrected chi connectivity index (χ0v) is 7.78. The first-order valence-corrected chi connectivity index (χ1v) is 4.03. The molecule has 0 fully saturated rings. The average Bonchev–Trinajstić information content (AvgIpc) is 2.09. The number of carboxylic acids is 1. The summed E-state index contributed by atoms with van der Waals surface area (Å²) in [5, 5.41) is 8.74. The lowest BCUT2D eigenvalue weighted by molar-refractivity contribution is -0.145. The Labute approximate surface area is 81.1 Å². The minimum absolute atomic E-state index is 0.574. The van der Waals surface area contributed by atoms with Crippen LogP contribution in [0, 0.1) is 6.92 Å². The van der Waals surface area contributed by atoms with Gasteiger partial charge >= 0.3 is 5.97 Å². The van der Waals surface area contributed by atoms with Gasteiger partial charge in [0.05, 0.1) is 11.9 Å². The maximum Gasteiger partial charge on any atom is 0.339 e. The second-order valence-electron chi connectivity index (χ2n) is 2.66. The molecule has 1 aromatic rings. The molecule has 0 saturated heterocycles. The van der Waals surface area contributed by atoms with Crippen LogP contribution in [-0.2, 0) is 9.08 Å². The van der Waals surface area contributed by atoms with E-state index >= 15 is 0 Å². The molecule has 0 amide bonds. The number of hydrogen-bond donors (Lipinski definition) is 1. The van der Waals surface area contributed by atoms with E-state index in [9.17, 15) is 4.79 Å². The molecule has 0 aliphatic heterocycles. The third-order valence-electron chi connectivity index (χ3n) is 1.78. The van der Waals surface area contributed by atoms with E-state index in [1.165, 1.54) is 0 Å². The molecule has 0 saturated carbocycles. The highest BCUT2D eigenvalue weighted by Crippen LogP contribution is 2.22. The Morgan fingerprint density at radius 2 is 2.15 bits per heavy atom. The Morgan fingerprint density at radius 1 is 1.54 bits per heavy atom. The maximum absolute atomic E-state index is 10.7. The molecule has 0 bridgehead atoms. The molecule has 1 atom stereocenters. The normalized spacial score (nSPS) is 12.5. The summed E-state index contributed by atoms with van der Waals surface area (Å²) >= 11 is 5.09. The Bertz CT molecular complexity index is 311. The van der Waals surface area contributed by atoms with Crippen molar-refractivity contribution in [1.82, 2.24) is 0 Å². The van der Waals surface area contributed by atoms with Crippen LogP contribution in [0.2, 0.25) is 0 Å². The van der Waals surface area contributed by atoms with Crippen molar-refractivity contribution >= 4 is 17.8 Å². The number of aryl methyl sites for hydroxylation is 1. The van der Waals surface area contributed by atoms with E-state index in [2.05, 4.69) is 4.29 Å². The SMILES string of the molecule is Cc1ccccc1C(OCl)C(=O)O. The van der Waals surface area contributed by atoms with Gasteiger partial charge in [0.2, 0.25) is 6.10 Å². The lowest BCUT2D eigenvalue weighted by Crippen LogP contribution is -2.12. The quantitative estimate of drug-likeness (QED) is 0.815. The molecule has 70 valence electrons. The van der Waals surface area contributed by atoms with E-state index in [1.54, 1.807) is 25.1 Å². The van der Waals surface area contributed by atoms with Crippen molar-refractivity contribution in [3.05, 3.63) is 35.4 Å². The first-order chi connectivity index (χ1) is 6.16. The van der Waals surface area contributed by atoms with E-state index < -0.39 is 12.1 Å². The van der Waals surface area contributed by atoms with E-state index in [4.69, 9.17) is 17.0 Å². The summed E-state index contributed by atoms with van der Waals surface area (Å²) < 4.78 is 4.35. The van der Waals surface area contributed by atoms with Crippen molar-refractivity contribution in [2.24, 2.45) is 0 Å². The van der Waals surface area contributed by atoms with Crippen LogP contribution in [0.4, 0.5) is 0 Å². The van der Waals surface area contributed by atoms with Crippen molar-refractivity contribution < 1.29 is 14.2 Å². The summed E-state index contributed by atoms with van der Waals surface area (Å²) in [6.45, 7) is 1.81. The molecular weight excluding hydrogens is 192 g/mol. The molecule has 0 aromatic heterocycles. The Hall–Kier alpha value is -1.06. The average molecular weight is 201 g/mol. The van der Waals surface area contributed by atoms with Gasteiger partial charge in [-0.1, -0.05) is 24.3 Å². The smallest absolute Gasteiger partial charge is 0.339 e. The highest BCUT2D eigenvalue weighted by Gasteiger charge is 2.21. The summed E-state index contributed by atoms with van der Waals surface area (Å²) in [5.74, 6) is -1.09. The summed E-state index contributed by atoms with van der Waals surface area (Å²) in [4.78, 5) is 10.7. The summed E-state index contributed by atoms with van der Waals surface area (Å²) in [6, 6.07) is 7.05. The fourth-order valence-corrected chi connectivity index (χ4v) is 1.27. The highest BCUT2D eigenvalue weighted by molar-refractivity contribution is 6.08. The second kappa shape index (κ2) is 4.25. The minimum atomic E-state index is -1.09. The fraction of sp³-hybridized carbons (Fsp3) is 0.222. The maximum atomic E-state index is 10.7. The van der Waals surface area contributed by atoms with Crippen molar-refractivity contribution in [1.29, 1.82) is 0 Å². The number of halogens is 1. The molecule has 13 heavy (non-hydrogen) atoms. The van der Waals surface area contributed by atoms with E-state index in [-0.39, 0.29) is 0 Å². The zero-order valence-electron chi connectivity index (χ0n) is 7.03. The highest BCUT2D eigenvalue weighted by atomic mass is 35.5. The summed E-state index contributed by atoms with van der Waals surface area (Å²) in [6.07, 6.45) is -1.09.